The van der Waals surface area contributed by atoms with E-state index in [1.165, 1.54) is 11.3 Å². The predicted molar refractivity (Wildman–Crippen MR) is 105 cm³/mol. The molecule has 1 aromatic carbocycles. The van der Waals surface area contributed by atoms with Crippen LogP contribution in [0.15, 0.2) is 42.0 Å². The number of hydrogen-bond acceptors (Lipinski definition) is 7. The number of methoxy groups -OCH3 is 2. The minimum Gasteiger partial charge on any atom is -0.493 e. The Bertz CT molecular complexity index is 1120. The van der Waals surface area contributed by atoms with Crippen molar-refractivity contribution in [1.82, 2.24) is 9.55 Å². The number of aromatic nitrogens is 2. The van der Waals surface area contributed by atoms with Crippen molar-refractivity contribution in [2.24, 2.45) is 0 Å². The molecule has 0 atom stereocenters. The molecule has 0 spiro atoms. The van der Waals surface area contributed by atoms with Gasteiger partial charge in [-0.2, -0.15) is 5.26 Å². The highest BCUT2D eigenvalue weighted by molar-refractivity contribution is 7.15. The molecule has 0 amide bonds. The van der Waals surface area contributed by atoms with Crippen molar-refractivity contribution in [1.29, 1.82) is 5.26 Å². The highest BCUT2D eigenvalue weighted by Gasteiger charge is 2.16. The van der Waals surface area contributed by atoms with Crippen molar-refractivity contribution in [3.05, 3.63) is 51.8 Å². The number of rotatable bonds is 6. The van der Waals surface area contributed by atoms with Crippen LogP contribution in [0.1, 0.15) is 9.75 Å². The Kier molecular flexibility index (Phi) is 4.71. The Morgan fingerprint density at radius 3 is 2.67 bits per heavy atom. The largest absolute Gasteiger partial charge is 0.493 e. The Balaban J connectivity index is 1.72. The maximum atomic E-state index is 9.47. The van der Waals surface area contributed by atoms with Crippen molar-refractivity contribution in [3.63, 3.8) is 0 Å². The first kappa shape index (κ1) is 17.4. The molecule has 4 rings (SSSR count). The third-order valence-electron chi connectivity index (χ3n) is 4.03. The van der Waals surface area contributed by atoms with Crippen LogP contribution in [-0.2, 0) is 6.61 Å². The first-order valence-electron chi connectivity index (χ1n) is 8.02. The quantitative estimate of drug-likeness (QED) is 0.475. The standard InChI is InChI=1S/C19H15N3O3S2/c1-23-15-6-13-14(7-16(15)24-2)22(11-21-13)19-8-17(18(9-20)27-19)25-10-12-4-3-5-26-12/h3-8,11H,10H2,1-2H3. The second-order valence-corrected chi connectivity index (χ2v) is 7.63. The fraction of sp³-hybridized carbons (Fsp3) is 0.158. The van der Waals surface area contributed by atoms with E-state index >= 15 is 0 Å². The minimum absolute atomic E-state index is 0.443. The number of thiophene rings is 2. The molecule has 136 valence electrons. The molecular formula is C19H15N3O3S2. The molecule has 0 N–H and O–H groups in total. The normalized spacial score (nSPS) is 10.7. The Hall–Kier alpha value is -3.02. The molecule has 0 bridgehead atoms. The Labute approximate surface area is 163 Å². The number of nitriles is 1. The second-order valence-electron chi connectivity index (χ2n) is 5.57. The smallest absolute Gasteiger partial charge is 0.163 e. The summed E-state index contributed by atoms with van der Waals surface area (Å²) in [6, 6.07) is 11.8. The first-order valence-corrected chi connectivity index (χ1v) is 9.71. The van der Waals surface area contributed by atoms with Crippen molar-refractivity contribution >= 4 is 33.7 Å². The molecule has 0 saturated carbocycles. The van der Waals surface area contributed by atoms with Crippen LogP contribution in [-0.4, -0.2) is 23.8 Å². The van der Waals surface area contributed by atoms with Crippen molar-refractivity contribution in [2.75, 3.05) is 14.2 Å². The molecule has 0 fully saturated rings. The summed E-state index contributed by atoms with van der Waals surface area (Å²) in [6.45, 7) is 0.443. The fourth-order valence-electron chi connectivity index (χ4n) is 2.72. The average molecular weight is 397 g/mol. The Morgan fingerprint density at radius 2 is 1.96 bits per heavy atom. The summed E-state index contributed by atoms with van der Waals surface area (Å²) in [5, 5.41) is 12.3. The van der Waals surface area contributed by atoms with E-state index in [1.807, 2.05) is 40.3 Å². The van der Waals surface area contributed by atoms with E-state index in [-0.39, 0.29) is 0 Å². The van der Waals surface area contributed by atoms with E-state index in [0.29, 0.717) is 28.7 Å². The maximum Gasteiger partial charge on any atom is 0.163 e. The van der Waals surface area contributed by atoms with Gasteiger partial charge in [-0.15, -0.1) is 22.7 Å². The van der Waals surface area contributed by atoms with Crippen molar-refractivity contribution < 1.29 is 14.2 Å². The lowest BCUT2D eigenvalue weighted by Crippen LogP contribution is -1.93. The van der Waals surface area contributed by atoms with Gasteiger partial charge in [-0.25, -0.2) is 4.98 Å². The number of nitrogens with zero attached hydrogens (tertiary/aromatic N) is 3. The van der Waals surface area contributed by atoms with E-state index in [9.17, 15) is 5.26 Å². The average Bonchev–Trinajstić information content (AvgIpc) is 3.43. The molecule has 6 nitrogen and oxygen atoms in total. The third-order valence-corrected chi connectivity index (χ3v) is 5.90. The summed E-state index contributed by atoms with van der Waals surface area (Å²) < 4.78 is 18.5. The predicted octanol–water partition coefficient (Wildman–Crippen LogP) is 4.62. The monoisotopic (exact) mass is 397 g/mol. The topological polar surface area (TPSA) is 69.3 Å². The number of fused-ring (bicyclic) bond motifs is 1. The van der Waals surface area contributed by atoms with E-state index < -0.39 is 0 Å². The zero-order valence-electron chi connectivity index (χ0n) is 14.6. The van der Waals surface area contributed by atoms with Crippen LogP contribution in [0.3, 0.4) is 0 Å². The summed E-state index contributed by atoms with van der Waals surface area (Å²) in [7, 11) is 3.19. The highest BCUT2D eigenvalue weighted by atomic mass is 32.1. The molecule has 0 unspecified atom stereocenters. The van der Waals surface area contributed by atoms with Crippen LogP contribution < -0.4 is 14.2 Å². The molecule has 0 aliphatic heterocycles. The van der Waals surface area contributed by atoms with Crippen molar-refractivity contribution in [3.8, 4) is 28.3 Å². The van der Waals surface area contributed by atoms with E-state index in [2.05, 4.69) is 11.1 Å². The van der Waals surface area contributed by atoms with Gasteiger partial charge < -0.3 is 14.2 Å². The van der Waals surface area contributed by atoms with Gasteiger partial charge in [-0.3, -0.25) is 4.57 Å². The van der Waals surface area contributed by atoms with Crippen LogP contribution >= 0.6 is 22.7 Å². The molecule has 8 heteroatoms. The highest BCUT2D eigenvalue weighted by Crippen LogP contribution is 2.36. The van der Waals surface area contributed by atoms with Gasteiger partial charge in [0, 0.05) is 23.1 Å². The van der Waals surface area contributed by atoms with E-state index in [0.717, 1.165) is 20.9 Å². The summed E-state index contributed by atoms with van der Waals surface area (Å²) in [5.41, 5.74) is 1.64. The number of ether oxygens (including phenoxy) is 3. The molecular weight excluding hydrogens is 382 g/mol. The van der Waals surface area contributed by atoms with Gasteiger partial charge in [0.05, 0.1) is 25.3 Å². The van der Waals surface area contributed by atoms with Crippen LogP contribution in [0.25, 0.3) is 16.0 Å². The summed E-state index contributed by atoms with van der Waals surface area (Å²) in [5.74, 6) is 1.82. The van der Waals surface area contributed by atoms with E-state index in [4.69, 9.17) is 14.2 Å². The molecule has 0 aliphatic rings. The van der Waals surface area contributed by atoms with Gasteiger partial charge in [-0.05, 0) is 11.4 Å². The minimum atomic E-state index is 0.443. The molecule has 0 saturated heterocycles. The lowest BCUT2D eigenvalue weighted by molar-refractivity contribution is 0.310. The number of benzene rings is 1. The van der Waals surface area contributed by atoms with Gasteiger partial charge in [0.25, 0.3) is 0 Å². The lowest BCUT2D eigenvalue weighted by Gasteiger charge is -2.08. The van der Waals surface area contributed by atoms with Gasteiger partial charge in [0.15, 0.2) is 17.2 Å². The molecule has 3 heterocycles. The SMILES string of the molecule is COc1cc2ncn(-c3cc(OCc4cccs4)c(C#N)s3)c2cc1OC. The number of hydrogen-bond donors (Lipinski definition) is 0. The van der Waals surface area contributed by atoms with Gasteiger partial charge in [-0.1, -0.05) is 6.07 Å². The Morgan fingerprint density at radius 1 is 1.15 bits per heavy atom. The van der Waals surface area contributed by atoms with Crippen molar-refractivity contribution in [2.45, 2.75) is 6.61 Å². The molecule has 0 aliphatic carbocycles. The molecule has 27 heavy (non-hydrogen) atoms. The van der Waals surface area contributed by atoms with Crippen LogP contribution in [0, 0.1) is 11.3 Å². The molecule has 4 aromatic rings. The fourth-order valence-corrected chi connectivity index (χ4v) is 4.22. The number of imidazole rings is 1. The van der Waals surface area contributed by atoms with Gasteiger partial charge in [0.1, 0.15) is 28.9 Å². The lowest BCUT2D eigenvalue weighted by atomic mass is 10.2. The van der Waals surface area contributed by atoms with E-state index in [1.54, 1.807) is 31.9 Å². The van der Waals surface area contributed by atoms with Crippen LogP contribution in [0.4, 0.5) is 0 Å². The van der Waals surface area contributed by atoms with Crippen LogP contribution in [0.2, 0.25) is 0 Å². The third kappa shape index (κ3) is 3.23. The zero-order chi connectivity index (χ0) is 18.8. The van der Waals surface area contributed by atoms with Gasteiger partial charge >= 0.3 is 0 Å². The van der Waals surface area contributed by atoms with Crippen LogP contribution in [0.5, 0.6) is 17.2 Å². The molecule has 3 aromatic heterocycles. The zero-order valence-corrected chi connectivity index (χ0v) is 16.3. The summed E-state index contributed by atoms with van der Waals surface area (Å²) in [6.07, 6.45) is 1.72. The second kappa shape index (κ2) is 7.31. The van der Waals surface area contributed by atoms with Gasteiger partial charge in [0.2, 0.25) is 0 Å². The first-order chi connectivity index (χ1) is 13.2. The maximum absolute atomic E-state index is 9.47. The summed E-state index contributed by atoms with van der Waals surface area (Å²) in [4.78, 5) is 6.08. The summed E-state index contributed by atoms with van der Waals surface area (Å²) >= 11 is 2.99. The molecule has 0 radical (unpaired) electrons.